The summed E-state index contributed by atoms with van der Waals surface area (Å²) in [5, 5.41) is 4.49. The molecule has 2 aromatic rings. The number of ether oxygens (including phenoxy) is 1. The summed E-state index contributed by atoms with van der Waals surface area (Å²) in [6, 6.07) is 9.76. The van der Waals surface area contributed by atoms with Gasteiger partial charge in [-0.15, -0.1) is 12.4 Å². The van der Waals surface area contributed by atoms with Crippen molar-refractivity contribution in [3.05, 3.63) is 42.2 Å². The molecule has 1 unspecified atom stereocenters. The van der Waals surface area contributed by atoms with Crippen LogP contribution >= 0.6 is 12.4 Å². The molecule has 1 aromatic heterocycles. The number of hydrogen-bond donors (Lipinski definition) is 1. The molecule has 6 nitrogen and oxygen atoms in total. The standard InChI is InChI=1S/C18H24N4O2.ClH/c1-2-11-24-16-13-22(15-8-4-3-5-9-15)20-17(16)18(23)21-10-6-7-14(19)12-21;/h3-5,8-9,13-14H,2,6-7,10-12,19H2,1H3;1H. The fourth-order valence-corrected chi connectivity index (χ4v) is 2.88. The number of nitrogens with zero attached hydrogens (tertiary/aromatic N) is 3. The van der Waals surface area contributed by atoms with Gasteiger partial charge < -0.3 is 15.4 Å². The van der Waals surface area contributed by atoms with E-state index in [0.29, 0.717) is 24.6 Å². The molecule has 2 N–H and O–H groups in total. The smallest absolute Gasteiger partial charge is 0.278 e. The lowest BCUT2D eigenvalue weighted by molar-refractivity contribution is 0.0698. The quantitative estimate of drug-likeness (QED) is 0.885. The first-order valence-corrected chi connectivity index (χ1v) is 8.51. The summed E-state index contributed by atoms with van der Waals surface area (Å²) in [5.74, 6) is 0.427. The van der Waals surface area contributed by atoms with Crippen LogP contribution < -0.4 is 10.5 Å². The first kappa shape index (κ1) is 19.3. The number of amides is 1. The van der Waals surface area contributed by atoms with Gasteiger partial charge in [0.1, 0.15) is 0 Å². The van der Waals surface area contributed by atoms with E-state index in [0.717, 1.165) is 31.5 Å². The number of para-hydroxylation sites is 1. The highest BCUT2D eigenvalue weighted by atomic mass is 35.5. The van der Waals surface area contributed by atoms with Crippen molar-refractivity contribution < 1.29 is 9.53 Å². The second-order valence-electron chi connectivity index (χ2n) is 6.12. The average Bonchev–Trinajstić information content (AvgIpc) is 3.04. The molecule has 136 valence electrons. The van der Waals surface area contributed by atoms with Crippen molar-refractivity contribution in [2.75, 3.05) is 19.7 Å². The van der Waals surface area contributed by atoms with Crippen molar-refractivity contribution in [2.24, 2.45) is 5.73 Å². The van der Waals surface area contributed by atoms with Crippen LogP contribution in [0.2, 0.25) is 0 Å². The summed E-state index contributed by atoms with van der Waals surface area (Å²) in [5.41, 5.74) is 7.26. The van der Waals surface area contributed by atoms with Gasteiger partial charge in [-0.1, -0.05) is 25.1 Å². The largest absolute Gasteiger partial charge is 0.489 e. The maximum atomic E-state index is 12.9. The van der Waals surface area contributed by atoms with Crippen molar-refractivity contribution in [1.82, 2.24) is 14.7 Å². The van der Waals surface area contributed by atoms with Gasteiger partial charge in [-0.25, -0.2) is 4.68 Å². The van der Waals surface area contributed by atoms with Crippen LogP contribution in [0.5, 0.6) is 5.75 Å². The molecule has 0 radical (unpaired) electrons. The number of piperidine rings is 1. The number of hydrogen-bond acceptors (Lipinski definition) is 4. The fourth-order valence-electron chi connectivity index (χ4n) is 2.88. The molecule has 2 heterocycles. The Morgan fingerprint density at radius 2 is 2.12 bits per heavy atom. The van der Waals surface area contributed by atoms with Crippen molar-refractivity contribution in [2.45, 2.75) is 32.2 Å². The van der Waals surface area contributed by atoms with Gasteiger partial charge in [-0.2, -0.15) is 5.10 Å². The average molecular weight is 365 g/mol. The number of carbonyl (C=O) groups is 1. The second-order valence-corrected chi connectivity index (χ2v) is 6.12. The Hall–Kier alpha value is -2.05. The SMILES string of the molecule is CCCOc1cn(-c2ccccc2)nc1C(=O)N1CCCC(N)C1.Cl. The number of halogens is 1. The van der Waals surface area contributed by atoms with Gasteiger partial charge in [0.15, 0.2) is 11.4 Å². The molecule has 7 heteroatoms. The van der Waals surface area contributed by atoms with Gasteiger partial charge in [0.05, 0.1) is 18.5 Å². The van der Waals surface area contributed by atoms with Crippen LogP contribution in [0.4, 0.5) is 0 Å². The van der Waals surface area contributed by atoms with Crippen LogP contribution in [0.25, 0.3) is 5.69 Å². The Morgan fingerprint density at radius 3 is 2.80 bits per heavy atom. The Morgan fingerprint density at radius 1 is 1.36 bits per heavy atom. The number of rotatable bonds is 5. The minimum absolute atomic E-state index is 0. The lowest BCUT2D eigenvalue weighted by Gasteiger charge is -2.30. The normalized spacial score (nSPS) is 17.0. The molecule has 0 saturated carbocycles. The predicted molar refractivity (Wildman–Crippen MR) is 99.7 cm³/mol. The van der Waals surface area contributed by atoms with Crippen LogP contribution in [0.1, 0.15) is 36.7 Å². The summed E-state index contributed by atoms with van der Waals surface area (Å²) in [4.78, 5) is 14.7. The van der Waals surface area contributed by atoms with Gasteiger partial charge in [-0.3, -0.25) is 4.79 Å². The van der Waals surface area contributed by atoms with Crippen LogP contribution in [0, 0.1) is 0 Å². The number of aromatic nitrogens is 2. The van der Waals surface area contributed by atoms with Crippen LogP contribution in [0.15, 0.2) is 36.5 Å². The van der Waals surface area contributed by atoms with E-state index in [9.17, 15) is 4.79 Å². The molecule has 0 bridgehead atoms. The molecule has 1 atom stereocenters. The van der Waals surface area contributed by atoms with E-state index < -0.39 is 0 Å². The molecule has 1 fully saturated rings. The third-order valence-corrected chi connectivity index (χ3v) is 4.11. The van der Waals surface area contributed by atoms with E-state index in [4.69, 9.17) is 10.5 Å². The van der Waals surface area contributed by atoms with Gasteiger partial charge in [0, 0.05) is 19.1 Å². The maximum Gasteiger partial charge on any atom is 0.278 e. The predicted octanol–water partition coefficient (Wildman–Crippen LogP) is 2.65. The first-order valence-electron chi connectivity index (χ1n) is 8.51. The van der Waals surface area contributed by atoms with Crippen molar-refractivity contribution in [3.8, 4) is 11.4 Å². The van der Waals surface area contributed by atoms with E-state index in [2.05, 4.69) is 5.10 Å². The third kappa shape index (κ3) is 4.52. The zero-order chi connectivity index (χ0) is 16.9. The fraction of sp³-hybridized carbons (Fsp3) is 0.444. The summed E-state index contributed by atoms with van der Waals surface area (Å²) >= 11 is 0. The Balaban J connectivity index is 0.00000225. The molecule has 1 aromatic carbocycles. The van der Waals surface area contributed by atoms with E-state index in [1.807, 2.05) is 37.3 Å². The Kier molecular flexibility index (Phi) is 6.84. The third-order valence-electron chi connectivity index (χ3n) is 4.11. The summed E-state index contributed by atoms with van der Waals surface area (Å²) in [6.07, 6.45) is 4.54. The van der Waals surface area contributed by atoms with Crippen LogP contribution in [-0.2, 0) is 0 Å². The van der Waals surface area contributed by atoms with Crippen LogP contribution in [-0.4, -0.2) is 46.3 Å². The van der Waals surface area contributed by atoms with Crippen molar-refractivity contribution in [3.63, 3.8) is 0 Å². The van der Waals surface area contributed by atoms with Gasteiger partial charge >= 0.3 is 0 Å². The minimum atomic E-state index is -0.106. The topological polar surface area (TPSA) is 73.4 Å². The van der Waals surface area contributed by atoms with E-state index in [1.54, 1.807) is 15.8 Å². The lowest BCUT2D eigenvalue weighted by Crippen LogP contribution is -2.45. The van der Waals surface area contributed by atoms with Gasteiger partial charge in [0.25, 0.3) is 5.91 Å². The molecular weight excluding hydrogens is 340 g/mol. The van der Waals surface area contributed by atoms with Crippen molar-refractivity contribution >= 4 is 18.3 Å². The monoisotopic (exact) mass is 364 g/mol. The first-order chi connectivity index (χ1) is 11.7. The van der Waals surface area contributed by atoms with Gasteiger partial charge in [-0.05, 0) is 31.4 Å². The molecule has 0 spiro atoms. The highest BCUT2D eigenvalue weighted by Crippen LogP contribution is 2.23. The number of benzene rings is 1. The maximum absolute atomic E-state index is 12.9. The Bertz CT molecular complexity index is 690. The van der Waals surface area contributed by atoms with Crippen LogP contribution in [0.3, 0.4) is 0 Å². The lowest BCUT2D eigenvalue weighted by atomic mass is 10.1. The summed E-state index contributed by atoms with van der Waals surface area (Å²) < 4.78 is 7.46. The van der Waals surface area contributed by atoms with Crippen molar-refractivity contribution in [1.29, 1.82) is 0 Å². The molecule has 1 amide bonds. The molecule has 1 saturated heterocycles. The zero-order valence-electron chi connectivity index (χ0n) is 14.4. The second kappa shape index (κ2) is 8.87. The molecule has 1 aliphatic heterocycles. The summed E-state index contributed by atoms with van der Waals surface area (Å²) in [6.45, 7) is 3.88. The minimum Gasteiger partial charge on any atom is -0.489 e. The molecule has 25 heavy (non-hydrogen) atoms. The molecular formula is C18H25ClN4O2. The number of nitrogens with two attached hydrogens (primary N) is 1. The van der Waals surface area contributed by atoms with E-state index in [1.165, 1.54) is 0 Å². The summed E-state index contributed by atoms with van der Waals surface area (Å²) in [7, 11) is 0. The number of likely N-dealkylation sites (tertiary alicyclic amines) is 1. The zero-order valence-corrected chi connectivity index (χ0v) is 15.2. The number of carbonyl (C=O) groups excluding carboxylic acids is 1. The van der Waals surface area contributed by atoms with E-state index >= 15 is 0 Å². The Labute approximate surface area is 154 Å². The van der Waals surface area contributed by atoms with E-state index in [-0.39, 0.29) is 24.4 Å². The van der Waals surface area contributed by atoms with Gasteiger partial charge in [0.2, 0.25) is 0 Å². The molecule has 1 aliphatic rings. The molecule has 0 aliphatic carbocycles. The highest BCUT2D eigenvalue weighted by molar-refractivity contribution is 5.95. The molecule has 3 rings (SSSR count). The highest BCUT2D eigenvalue weighted by Gasteiger charge is 2.27.